The first-order chi connectivity index (χ1) is 13.0. The maximum Gasteiger partial charge on any atom is 0.241 e. The lowest BCUT2D eigenvalue weighted by Crippen LogP contribution is -2.54. The highest BCUT2D eigenvalue weighted by molar-refractivity contribution is 5.95. The number of methoxy groups -OCH3 is 3. The second-order valence-corrected chi connectivity index (χ2v) is 6.63. The van der Waals surface area contributed by atoms with Crippen LogP contribution < -0.4 is 19.1 Å². The molecule has 1 aliphatic rings. The van der Waals surface area contributed by atoms with Crippen molar-refractivity contribution in [2.45, 2.75) is 19.5 Å². The van der Waals surface area contributed by atoms with Gasteiger partial charge in [-0.05, 0) is 37.3 Å². The summed E-state index contributed by atoms with van der Waals surface area (Å²) in [6, 6.07) is 13.6. The topological polar surface area (TPSA) is 51.2 Å². The van der Waals surface area contributed by atoms with E-state index >= 15 is 0 Å². The van der Waals surface area contributed by atoms with Gasteiger partial charge in [0.25, 0.3) is 0 Å². The Balaban J connectivity index is 1.72. The van der Waals surface area contributed by atoms with E-state index in [1.165, 1.54) is 0 Å². The molecule has 0 N–H and O–H groups in total. The number of rotatable bonds is 6. The number of hydrogen-bond donors (Lipinski definition) is 0. The average molecular weight is 370 g/mol. The highest BCUT2D eigenvalue weighted by atomic mass is 16.5. The Kier molecular flexibility index (Phi) is 5.86. The molecule has 6 nitrogen and oxygen atoms in total. The molecule has 1 fully saturated rings. The smallest absolute Gasteiger partial charge is 0.241 e. The van der Waals surface area contributed by atoms with Gasteiger partial charge in [-0.1, -0.05) is 6.07 Å². The summed E-state index contributed by atoms with van der Waals surface area (Å²) in [5.74, 6) is 2.39. The van der Waals surface area contributed by atoms with Crippen LogP contribution in [0.1, 0.15) is 12.5 Å². The third-order valence-electron chi connectivity index (χ3n) is 4.96. The van der Waals surface area contributed by atoms with E-state index in [2.05, 4.69) is 11.8 Å². The Bertz CT molecular complexity index is 791. The van der Waals surface area contributed by atoms with Crippen LogP contribution in [-0.2, 0) is 11.3 Å². The molecule has 0 radical (unpaired) electrons. The van der Waals surface area contributed by atoms with E-state index < -0.39 is 0 Å². The number of hydrogen-bond acceptors (Lipinski definition) is 5. The largest absolute Gasteiger partial charge is 0.497 e. The molecular formula is C21H26N2O4. The van der Waals surface area contributed by atoms with Crippen molar-refractivity contribution in [3.05, 3.63) is 48.0 Å². The van der Waals surface area contributed by atoms with Gasteiger partial charge in [0.05, 0.1) is 27.9 Å². The molecular weight excluding hydrogens is 344 g/mol. The highest BCUT2D eigenvalue weighted by Gasteiger charge is 2.30. The first-order valence-corrected chi connectivity index (χ1v) is 8.95. The number of amides is 1. The van der Waals surface area contributed by atoms with Crippen molar-refractivity contribution in [2.75, 3.05) is 39.3 Å². The number of piperazine rings is 1. The fourth-order valence-corrected chi connectivity index (χ4v) is 3.32. The molecule has 2 aromatic carbocycles. The molecule has 0 bridgehead atoms. The minimum absolute atomic E-state index is 0.0887. The lowest BCUT2D eigenvalue weighted by molar-refractivity contribution is -0.122. The molecule has 144 valence electrons. The van der Waals surface area contributed by atoms with Crippen molar-refractivity contribution in [3.63, 3.8) is 0 Å². The molecule has 0 aromatic heterocycles. The van der Waals surface area contributed by atoms with Crippen LogP contribution in [0.4, 0.5) is 5.69 Å². The Labute approximate surface area is 160 Å². The van der Waals surface area contributed by atoms with Gasteiger partial charge in [0, 0.05) is 36.4 Å². The molecule has 27 heavy (non-hydrogen) atoms. The van der Waals surface area contributed by atoms with Crippen LogP contribution in [0, 0.1) is 0 Å². The van der Waals surface area contributed by atoms with Gasteiger partial charge in [-0.25, -0.2) is 0 Å². The van der Waals surface area contributed by atoms with Crippen LogP contribution in [0.5, 0.6) is 17.2 Å². The van der Waals surface area contributed by atoms with Crippen molar-refractivity contribution in [1.82, 2.24) is 4.90 Å². The quantitative estimate of drug-likeness (QED) is 0.783. The maximum absolute atomic E-state index is 12.8. The van der Waals surface area contributed by atoms with Gasteiger partial charge in [0.1, 0.15) is 17.2 Å². The van der Waals surface area contributed by atoms with E-state index in [-0.39, 0.29) is 11.9 Å². The Morgan fingerprint density at radius 3 is 2.26 bits per heavy atom. The monoisotopic (exact) mass is 370 g/mol. The highest BCUT2D eigenvalue weighted by Crippen LogP contribution is 2.28. The van der Waals surface area contributed by atoms with Crippen LogP contribution in [0.25, 0.3) is 0 Å². The van der Waals surface area contributed by atoms with E-state index in [0.29, 0.717) is 19.6 Å². The van der Waals surface area contributed by atoms with E-state index in [4.69, 9.17) is 14.2 Å². The Hall–Kier alpha value is -2.73. The molecule has 0 aliphatic carbocycles. The first-order valence-electron chi connectivity index (χ1n) is 8.95. The van der Waals surface area contributed by atoms with Gasteiger partial charge in [-0.2, -0.15) is 0 Å². The average Bonchev–Trinajstić information content (AvgIpc) is 2.70. The molecule has 6 heteroatoms. The molecule has 3 rings (SSSR count). The van der Waals surface area contributed by atoms with Crippen molar-refractivity contribution in [2.24, 2.45) is 0 Å². The first kappa shape index (κ1) is 19.0. The molecule has 0 unspecified atom stereocenters. The standard InChI is InChI=1S/C21H26N2O4/c1-15-12-23(17-6-9-18(25-2)10-7-17)21(24)14-22(15)13-16-5-8-19(26-3)11-20(16)27-4/h5-11,15H,12-14H2,1-4H3/t15-/m1/s1. The van der Waals surface area contributed by atoms with Crippen LogP contribution in [0.2, 0.25) is 0 Å². The molecule has 0 saturated carbocycles. The normalized spacial score (nSPS) is 17.7. The molecule has 1 amide bonds. The summed E-state index contributed by atoms with van der Waals surface area (Å²) in [6.07, 6.45) is 0. The minimum atomic E-state index is 0.0887. The van der Waals surface area contributed by atoms with Gasteiger partial charge in [-0.15, -0.1) is 0 Å². The second kappa shape index (κ2) is 8.31. The van der Waals surface area contributed by atoms with Crippen LogP contribution in [-0.4, -0.2) is 51.3 Å². The van der Waals surface area contributed by atoms with Gasteiger partial charge >= 0.3 is 0 Å². The number of benzene rings is 2. The zero-order valence-corrected chi connectivity index (χ0v) is 16.3. The van der Waals surface area contributed by atoms with Crippen molar-refractivity contribution in [1.29, 1.82) is 0 Å². The molecule has 1 heterocycles. The Morgan fingerprint density at radius 2 is 1.63 bits per heavy atom. The van der Waals surface area contributed by atoms with Crippen molar-refractivity contribution >= 4 is 11.6 Å². The fraction of sp³-hybridized carbons (Fsp3) is 0.381. The zero-order valence-electron chi connectivity index (χ0n) is 16.3. The maximum atomic E-state index is 12.8. The third-order valence-corrected chi connectivity index (χ3v) is 4.96. The fourth-order valence-electron chi connectivity index (χ4n) is 3.32. The van der Waals surface area contributed by atoms with Crippen molar-refractivity contribution < 1.29 is 19.0 Å². The summed E-state index contributed by atoms with van der Waals surface area (Å²) in [5, 5.41) is 0. The molecule has 1 saturated heterocycles. The van der Waals surface area contributed by atoms with Crippen LogP contribution >= 0.6 is 0 Å². The van der Waals surface area contributed by atoms with Gasteiger partial charge in [-0.3, -0.25) is 9.69 Å². The molecule has 1 aliphatic heterocycles. The predicted octanol–water partition coefficient (Wildman–Crippen LogP) is 2.95. The van der Waals surface area contributed by atoms with Crippen LogP contribution in [0.15, 0.2) is 42.5 Å². The van der Waals surface area contributed by atoms with E-state index in [9.17, 15) is 4.79 Å². The summed E-state index contributed by atoms with van der Waals surface area (Å²) in [7, 11) is 4.91. The lowest BCUT2D eigenvalue weighted by atomic mass is 10.1. The number of carbonyl (C=O) groups is 1. The zero-order chi connectivity index (χ0) is 19.4. The number of anilines is 1. The van der Waals surface area contributed by atoms with Gasteiger partial charge in [0.2, 0.25) is 5.91 Å². The third kappa shape index (κ3) is 4.17. The van der Waals surface area contributed by atoms with Gasteiger partial charge in [0.15, 0.2) is 0 Å². The number of carbonyl (C=O) groups excluding carboxylic acids is 1. The summed E-state index contributed by atoms with van der Waals surface area (Å²) in [4.78, 5) is 16.8. The molecule has 0 spiro atoms. The Morgan fingerprint density at radius 1 is 0.963 bits per heavy atom. The van der Waals surface area contributed by atoms with Gasteiger partial charge < -0.3 is 19.1 Å². The number of ether oxygens (including phenoxy) is 3. The SMILES string of the molecule is COc1ccc(N2C[C@@H](C)N(Cc3ccc(OC)cc3OC)CC2=O)cc1. The minimum Gasteiger partial charge on any atom is -0.497 e. The van der Waals surface area contributed by atoms with Crippen molar-refractivity contribution in [3.8, 4) is 17.2 Å². The van der Waals surface area contributed by atoms with Crippen LogP contribution in [0.3, 0.4) is 0 Å². The lowest BCUT2D eigenvalue weighted by Gasteiger charge is -2.39. The van der Waals surface area contributed by atoms with E-state index in [1.54, 1.807) is 21.3 Å². The summed E-state index contributed by atoms with van der Waals surface area (Å²) in [6.45, 7) is 3.79. The second-order valence-electron chi connectivity index (χ2n) is 6.63. The summed E-state index contributed by atoms with van der Waals surface area (Å²) >= 11 is 0. The van der Waals surface area contributed by atoms with E-state index in [1.807, 2.05) is 47.4 Å². The molecule has 2 aromatic rings. The molecule has 1 atom stereocenters. The number of nitrogens with zero attached hydrogens (tertiary/aromatic N) is 2. The summed E-state index contributed by atoms with van der Waals surface area (Å²) in [5.41, 5.74) is 1.94. The van der Waals surface area contributed by atoms with E-state index in [0.717, 1.165) is 28.5 Å². The summed E-state index contributed by atoms with van der Waals surface area (Å²) < 4.78 is 15.9. The predicted molar refractivity (Wildman–Crippen MR) is 105 cm³/mol.